The summed E-state index contributed by atoms with van der Waals surface area (Å²) in [6.07, 6.45) is 0.919. The van der Waals surface area contributed by atoms with Crippen molar-refractivity contribution in [3.63, 3.8) is 0 Å². The SMILES string of the molecule is COC(=O)N1CC[C@H]2CC[C@@H](C(=O)N[C@@H](CCC(N)=O)C(=O)N[C@@H](Cc3ccc(F)c(F)c3)C(=O)N3CCC(CCC#Cc4cccc5c4CN(C4CCC(=O)NC4=O)C5=O)CC3)N2C(=O)[C@@H](NC(=O)c2cc3cc(C(F)(F)P(=O)(O)O)ccc3s2)C1. The highest BCUT2D eigenvalue weighted by Crippen LogP contribution is 2.59. The van der Waals surface area contributed by atoms with E-state index in [1.165, 1.54) is 31.7 Å². The number of carbonyl (C=O) groups excluding carboxylic acids is 10. The standard InChI is InChI=1S/C58H62F4N9O14PS/c1-85-57(81)69-24-21-36-11-14-45(71(36)56(80)43(30-69)66-53(77)47-28-34-27-35(10-16-46(34)87-47)58(61,62)86(82,83)84)52(76)64-41(13-17-48(63)72)50(74)65-42(26-32-9-12-39(59)40(60)25-32)55(79)68-22-19-31(20-23-68)5-2-3-6-33-7-4-8-37-38(33)29-70(54(37)78)44-15-18-49(73)67-51(44)75/h4,7-10,12,16,25,27-28,31,36,41-45H,2,5,11,13-15,17-24,26,29-30H2,1H3,(H2,63,72)(H,64,76)(H,65,74)(H,66,77)(H,67,73,75)(H2,82,83,84)/t36-,41+,42+,43+,44?,45+/m1/s1. The van der Waals surface area contributed by atoms with Gasteiger partial charge in [-0.3, -0.25) is 53.0 Å². The molecule has 6 heterocycles. The number of carbonyl (C=O) groups is 10. The molecule has 5 aliphatic rings. The second-order valence-electron chi connectivity index (χ2n) is 22.1. The van der Waals surface area contributed by atoms with Gasteiger partial charge in [0.2, 0.25) is 41.4 Å². The largest absolute Gasteiger partial charge is 0.453 e. The van der Waals surface area contributed by atoms with Crippen LogP contribution in [0.15, 0.2) is 60.7 Å². The van der Waals surface area contributed by atoms with E-state index in [9.17, 15) is 79.9 Å². The molecule has 6 atom stereocenters. The molecule has 10 amide bonds. The summed E-state index contributed by atoms with van der Waals surface area (Å²) >= 11 is 0.811. The molecule has 4 fully saturated rings. The maximum atomic E-state index is 14.7. The number of nitrogens with zero attached hydrogens (tertiary/aromatic N) is 4. The Labute approximate surface area is 499 Å². The number of amides is 10. The van der Waals surface area contributed by atoms with Crippen LogP contribution in [0.5, 0.6) is 0 Å². The highest BCUT2D eigenvalue weighted by atomic mass is 32.1. The van der Waals surface area contributed by atoms with Crippen molar-refractivity contribution in [2.24, 2.45) is 11.7 Å². The van der Waals surface area contributed by atoms with Crippen LogP contribution in [0.4, 0.5) is 22.4 Å². The summed E-state index contributed by atoms with van der Waals surface area (Å²) in [5, 5.41) is 10.2. The Balaban J connectivity index is 0.867. The van der Waals surface area contributed by atoms with Gasteiger partial charge in [0, 0.05) is 79.3 Å². The van der Waals surface area contributed by atoms with E-state index < -0.39 is 127 Å². The minimum absolute atomic E-state index is 0.0110. The minimum Gasteiger partial charge on any atom is -0.453 e. The number of benzene rings is 3. The zero-order valence-corrected chi connectivity index (χ0v) is 48.6. The number of thiophene rings is 1. The van der Waals surface area contributed by atoms with Gasteiger partial charge in [-0.25, -0.2) is 13.6 Å². The maximum absolute atomic E-state index is 14.7. The monoisotopic (exact) mass is 1250 g/mol. The number of hydrogen-bond donors (Lipinski definition) is 7. The van der Waals surface area contributed by atoms with Crippen molar-refractivity contribution in [2.75, 3.05) is 33.3 Å². The fraction of sp³-hybridized carbons (Fsp3) is 0.448. The quantitative estimate of drug-likeness (QED) is 0.0344. The molecule has 1 aromatic heterocycles. The summed E-state index contributed by atoms with van der Waals surface area (Å²) in [6.45, 7) is 0.185. The van der Waals surface area contributed by atoms with Gasteiger partial charge >= 0.3 is 19.4 Å². The number of halogens is 4. The zero-order chi connectivity index (χ0) is 62.6. The fourth-order valence-electron chi connectivity index (χ4n) is 11.8. The first-order valence-electron chi connectivity index (χ1n) is 28.1. The van der Waals surface area contributed by atoms with Gasteiger partial charge in [-0.15, -0.1) is 11.3 Å². The molecule has 4 aromatic rings. The lowest BCUT2D eigenvalue weighted by molar-refractivity contribution is -0.144. The number of ether oxygens (including phenoxy) is 1. The lowest BCUT2D eigenvalue weighted by atomic mass is 9.91. The minimum atomic E-state index is -5.94. The van der Waals surface area contributed by atoms with Crippen LogP contribution in [0, 0.1) is 29.4 Å². The number of rotatable bonds is 17. The molecule has 462 valence electrons. The number of imide groups is 1. The summed E-state index contributed by atoms with van der Waals surface area (Å²) in [5.74, 6) is -2.08. The molecule has 23 nitrogen and oxygen atoms in total. The molecular formula is C58H62F4N9O14PS. The van der Waals surface area contributed by atoms with Gasteiger partial charge in [0.25, 0.3) is 11.8 Å². The molecule has 0 spiro atoms. The van der Waals surface area contributed by atoms with Gasteiger partial charge in [-0.2, -0.15) is 8.78 Å². The molecule has 0 bridgehead atoms. The Morgan fingerprint density at radius 2 is 1.64 bits per heavy atom. The summed E-state index contributed by atoms with van der Waals surface area (Å²) < 4.78 is 74.8. The second kappa shape index (κ2) is 26.4. The van der Waals surface area contributed by atoms with Crippen molar-refractivity contribution in [1.82, 2.24) is 40.9 Å². The lowest BCUT2D eigenvalue weighted by Gasteiger charge is -2.38. The molecule has 87 heavy (non-hydrogen) atoms. The number of methoxy groups -OCH3 is 1. The average Bonchev–Trinajstić information content (AvgIpc) is 1.86. The number of nitrogens with two attached hydrogens (primary N) is 1. The van der Waals surface area contributed by atoms with E-state index in [4.69, 9.17) is 10.5 Å². The van der Waals surface area contributed by atoms with Gasteiger partial charge in [0.15, 0.2) is 11.6 Å². The number of piperidine rings is 2. The molecule has 9 rings (SSSR count). The van der Waals surface area contributed by atoms with E-state index in [0.29, 0.717) is 42.4 Å². The highest BCUT2D eigenvalue weighted by Gasteiger charge is 2.51. The van der Waals surface area contributed by atoms with Gasteiger partial charge < -0.3 is 55.8 Å². The first kappa shape index (κ1) is 63.3. The molecule has 29 heteroatoms. The molecule has 8 N–H and O–H groups in total. The topological polar surface area (TPSA) is 325 Å². The number of fused-ring (bicyclic) bond motifs is 3. The average molecular weight is 1250 g/mol. The molecule has 0 radical (unpaired) electrons. The van der Waals surface area contributed by atoms with Crippen molar-refractivity contribution in [2.45, 2.75) is 126 Å². The highest BCUT2D eigenvalue weighted by molar-refractivity contribution is 7.52. The number of likely N-dealkylation sites (tertiary alicyclic amines) is 1. The molecule has 3 aromatic carbocycles. The van der Waals surface area contributed by atoms with Crippen LogP contribution in [0.25, 0.3) is 10.1 Å². The van der Waals surface area contributed by atoms with Gasteiger partial charge in [0.05, 0.1) is 18.5 Å². The van der Waals surface area contributed by atoms with Crippen molar-refractivity contribution in [3.8, 4) is 11.8 Å². The van der Waals surface area contributed by atoms with Gasteiger partial charge in [-0.1, -0.05) is 30.0 Å². The number of primary amides is 1. The third-order valence-electron chi connectivity index (χ3n) is 16.4. The van der Waals surface area contributed by atoms with Crippen LogP contribution >= 0.6 is 18.9 Å². The van der Waals surface area contributed by atoms with Gasteiger partial charge in [-0.05, 0) is 116 Å². The Kier molecular flexibility index (Phi) is 19.2. The Morgan fingerprint density at radius 1 is 0.897 bits per heavy atom. The molecule has 1 unspecified atom stereocenters. The predicted octanol–water partition coefficient (Wildman–Crippen LogP) is 3.65. The molecule has 0 aliphatic carbocycles. The molecule has 5 aliphatic heterocycles. The lowest BCUT2D eigenvalue weighted by Crippen LogP contribution is -2.62. The van der Waals surface area contributed by atoms with Crippen LogP contribution in [0.1, 0.15) is 113 Å². The summed E-state index contributed by atoms with van der Waals surface area (Å²) in [7, 11) is -4.82. The maximum Gasteiger partial charge on any atom is 0.409 e. The Morgan fingerprint density at radius 3 is 2.34 bits per heavy atom. The predicted molar refractivity (Wildman–Crippen MR) is 302 cm³/mol. The summed E-state index contributed by atoms with van der Waals surface area (Å²) in [6, 6.07) is 4.81. The normalized spacial score (nSPS) is 20.7. The molecule has 0 saturated carbocycles. The van der Waals surface area contributed by atoms with Crippen LogP contribution in [0.2, 0.25) is 0 Å². The third kappa shape index (κ3) is 14.1. The second-order valence-corrected chi connectivity index (χ2v) is 24.8. The third-order valence-corrected chi connectivity index (χ3v) is 18.5. The first-order chi connectivity index (χ1) is 41.3. The van der Waals surface area contributed by atoms with E-state index >= 15 is 0 Å². The Bertz CT molecular complexity index is 3570. The fourth-order valence-corrected chi connectivity index (χ4v) is 13.2. The van der Waals surface area contributed by atoms with Crippen LogP contribution in [-0.4, -0.2) is 158 Å². The Hall–Kier alpha value is -8.25. The van der Waals surface area contributed by atoms with Crippen LogP contribution in [-0.2, 0) is 61.5 Å². The summed E-state index contributed by atoms with van der Waals surface area (Å²) in [4.78, 5) is 159. The van der Waals surface area contributed by atoms with E-state index in [1.54, 1.807) is 18.2 Å². The van der Waals surface area contributed by atoms with E-state index in [0.717, 1.165) is 48.8 Å². The van der Waals surface area contributed by atoms with E-state index in [-0.39, 0.29) is 109 Å². The number of nitrogens with one attached hydrogen (secondary N) is 4. The van der Waals surface area contributed by atoms with E-state index in [1.807, 2.05) is 0 Å². The summed E-state index contributed by atoms with van der Waals surface area (Å²) in [5.41, 5.74) is 1.87. The van der Waals surface area contributed by atoms with Crippen molar-refractivity contribution in [3.05, 3.63) is 105 Å². The number of hydrogen-bond acceptors (Lipinski definition) is 13. The van der Waals surface area contributed by atoms with Crippen molar-refractivity contribution < 1.29 is 84.6 Å². The molecular weight excluding hydrogens is 1190 g/mol. The van der Waals surface area contributed by atoms with Gasteiger partial charge in [0.1, 0.15) is 30.2 Å². The van der Waals surface area contributed by atoms with Crippen molar-refractivity contribution >= 4 is 88.3 Å². The zero-order valence-electron chi connectivity index (χ0n) is 46.9. The smallest absolute Gasteiger partial charge is 0.409 e. The van der Waals surface area contributed by atoms with E-state index in [2.05, 4.69) is 33.1 Å². The molecule has 4 saturated heterocycles. The first-order valence-corrected chi connectivity index (χ1v) is 30.5. The van der Waals surface area contributed by atoms with Crippen LogP contribution in [0.3, 0.4) is 0 Å². The van der Waals surface area contributed by atoms with Crippen molar-refractivity contribution in [1.29, 1.82) is 0 Å². The van der Waals surface area contributed by atoms with Crippen LogP contribution < -0.4 is 27.0 Å². The number of alkyl halides is 2.